The summed E-state index contributed by atoms with van der Waals surface area (Å²) in [6, 6.07) is 0. The average molecular weight is 277 g/mol. The van der Waals surface area contributed by atoms with Crippen molar-refractivity contribution in [3.63, 3.8) is 0 Å². The molecular formula is C15H23N3O2. The van der Waals surface area contributed by atoms with E-state index in [1.165, 1.54) is 19.3 Å². The number of nitrogens with two attached hydrogens (primary N) is 1. The fraction of sp³-hybridized carbons (Fsp3) is 0.867. The largest absolute Gasteiger partial charge is 0.409 e. The molecule has 5 atom stereocenters. The summed E-state index contributed by atoms with van der Waals surface area (Å²) < 4.78 is 0. The second-order valence-electron chi connectivity index (χ2n) is 7.16. The Balaban J connectivity index is 1.42. The Kier molecular flexibility index (Phi) is 2.72. The van der Waals surface area contributed by atoms with E-state index in [0.717, 1.165) is 31.2 Å². The molecule has 3 aliphatic carbocycles. The summed E-state index contributed by atoms with van der Waals surface area (Å²) in [5.74, 6) is 4.05. The minimum atomic E-state index is 0.0352. The highest BCUT2D eigenvalue weighted by Crippen LogP contribution is 2.69. The Morgan fingerprint density at radius 1 is 1.20 bits per heavy atom. The van der Waals surface area contributed by atoms with E-state index in [4.69, 9.17) is 10.9 Å². The Hall–Kier alpha value is -1.26. The number of likely N-dealkylation sites (tertiary alicyclic amines) is 1. The molecule has 20 heavy (non-hydrogen) atoms. The van der Waals surface area contributed by atoms with Gasteiger partial charge in [0, 0.05) is 24.9 Å². The number of fused-ring (bicyclic) bond motifs is 5. The highest BCUT2D eigenvalue weighted by molar-refractivity contribution is 5.86. The molecule has 1 aliphatic heterocycles. The lowest BCUT2D eigenvalue weighted by molar-refractivity contribution is -0.135. The van der Waals surface area contributed by atoms with Crippen LogP contribution in [0.2, 0.25) is 0 Å². The van der Waals surface area contributed by atoms with E-state index in [1.54, 1.807) is 0 Å². The minimum Gasteiger partial charge on any atom is -0.409 e. The van der Waals surface area contributed by atoms with Gasteiger partial charge in [0.1, 0.15) is 5.84 Å². The Morgan fingerprint density at radius 2 is 1.90 bits per heavy atom. The molecule has 5 nitrogen and oxygen atoms in total. The lowest BCUT2D eigenvalue weighted by Crippen LogP contribution is -2.45. The normalized spacial score (nSPS) is 46.4. The summed E-state index contributed by atoms with van der Waals surface area (Å²) in [6.07, 6.45) is 5.96. The number of rotatable bonds is 2. The van der Waals surface area contributed by atoms with Crippen LogP contribution in [-0.4, -0.2) is 34.9 Å². The molecule has 4 fully saturated rings. The van der Waals surface area contributed by atoms with Crippen LogP contribution in [0.3, 0.4) is 0 Å². The van der Waals surface area contributed by atoms with Crippen LogP contribution in [0.25, 0.3) is 0 Å². The van der Waals surface area contributed by atoms with Gasteiger partial charge < -0.3 is 15.8 Å². The van der Waals surface area contributed by atoms with Gasteiger partial charge in [-0.25, -0.2) is 0 Å². The summed E-state index contributed by atoms with van der Waals surface area (Å²) >= 11 is 0. The van der Waals surface area contributed by atoms with Gasteiger partial charge in [-0.15, -0.1) is 0 Å². The van der Waals surface area contributed by atoms with Crippen molar-refractivity contribution < 1.29 is 10.0 Å². The molecule has 110 valence electrons. The second kappa shape index (κ2) is 4.37. The van der Waals surface area contributed by atoms with Gasteiger partial charge in [0.05, 0.1) is 0 Å². The quantitative estimate of drug-likeness (QED) is 0.345. The zero-order chi connectivity index (χ0) is 13.9. The predicted octanol–water partition coefficient (Wildman–Crippen LogP) is 1.26. The van der Waals surface area contributed by atoms with Crippen LogP contribution >= 0.6 is 0 Å². The number of hydrogen-bond donors (Lipinski definition) is 2. The molecule has 0 spiro atoms. The van der Waals surface area contributed by atoms with Crippen molar-refractivity contribution in [3.8, 4) is 0 Å². The van der Waals surface area contributed by atoms with E-state index in [2.05, 4.69) is 5.16 Å². The van der Waals surface area contributed by atoms with Gasteiger partial charge in [-0.3, -0.25) is 4.79 Å². The predicted molar refractivity (Wildman–Crippen MR) is 74.0 cm³/mol. The number of oxime groups is 1. The first-order chi connectivity index (χ1) is 9.70. The van der Waals surface area contributed by atoms with E-state index in [9.17, 15) is 4.79 Å². The highest BCUT2D eigenvalue weighted by Gasteiger charge is 2.68. The van der Waals surface area contributed by atoms with Gasteiger partial charge in [-0.2, -0.15) is 0 Å². The molecule has 5 unspecified atom stereocenters. The van der Waals surface area contributed by atoms with Crippen LogP contribution in [0.4, 0.5) is 0 Å². The van der Waals surface area contributed by atoms with E-state index >= 15 is 0 Å². The van der Waals surface area contributed by atoms with Crippen LogP contribution in [-0.2, 0) is 4.79 Å². The number of amidine groups is 1. The standard InChI is InChI=1S/C15H23N3O2/c16-14(17-20)10-2-1-5-18(7-10)15(19)13-11-8-3-4-9(6-8)12(11)13/h8-13,20H,1-7H2,(H2,16,17). The number of carbonyl (C=O) groups excluding carboxylic acids is 1. The van der Waals surface area contributed by atoms with Crippen molar-refractivity contribution in [2.75, 3.05) is 13.1 Å². The minimum absolute atomic E-state index is 0.0352. The number of hydrogen-bond acceptors (Lipinski definition) is 3. The summed E-state index contributed by atoms with van der Waals surface area (Å²) in [5.41, 5.74) is 5.71. The second-order valence-corrected chi connectivity index (χ2v) is 7.16. The van der Waals surface area contributed by atoms with Crippen LogP contribution in [0.5, 0.6) is 0 Å². The molecule has 5 heteroatoms. The number of nitrogens with zero attached hydrogens (tertiary/aromatic N) is 2. The SMILES string of the molecule is NC(=NO)C1CCCN(C(=O)C2C3C4CCC(C4)C23)C1. The van der Waals surface area contributed by atoms with Gasteiger partial charge in [-0.05, 0) is 55.8 Å². The topological polar surface area (TPSA) is 78.9 Å². The molecule has 1 saturated heterocycles. The van der Waals surface area contributed by atoms with Crippen molar-refractivity contribution in [1.29, 1.82) is 0 Å². The summed E-state index contributed by atoms with van der Waals surface area (Å²) in [4.78, 5) is 14.7. The third-order valence-corrected chi connectivity index (χ3v) is 6.29. The van der Waals surface area contributed by atoms with E-state index in [-0.39, 0.29) is 11.8 Å². The van der Waals surface area contributed by atoms with Crippen LogP contribution in [0.1, 0.15) is 32.1 Å². The molecule has 0 aromatic rings. The molecular weight excluding hydrogens is 254 g/mol. The molecule has 2 bridgehead atoms. The Labute approximate surface area is 119 Å². The van der Waals surface area contributed by atoms with E-state index < -0.39 is 0 Å². The van der Waals surface area contributed by atoms with E-state index in [1.807, 2.05) is 4.90 Å². The van der Waals surface area contributed by atoms with E-state index in [0.29, 0.717) is 30.2 Å². The van der Waals surface area contributed by atoms with Crippen molar-refractivity contribution in [2.45, 2.75) is 32.1 Å². The van der Waals surface area contributed by atoms with Crippen molar-refractivity contribution >= 4 is 11.7 Å². The summed E-state index contributed by atoms with van der Waals surface area (Å²) in [6.45, 7) is 1.49. The maximum Gasteiger partial charge on any atom is 0.226 e. The highest BCUT2D eigenvalue weighted by atomic mass is 16.4. The van der Waals surface area contributed by atoms with Gasteiger partial charge in [0.15, 0.2) is 0 Å². The molecule has 4 aliphatic rings. The van der Waals surface area contributed by atoms with Gasteiger partial charge in [-0.1, -0.05) is 5.16 Å². The number of amides is 1. The van der Waals surface area contributed by atoms with Crippen molar-refractivity contribution in [3.05, 3.63) is 0 Å². The average Bonchev–Trinajstić information content (AvgIpc) is 2.92. The Bertz CT molecular complexity index is 448. The van der Waals surface area contributed by atoms with Crippen LogP contribution < -0.4 is 5.73 Å². The lowest BCUT2D eigenvalue weighted by atomic mass is 9.95. The monoisotopic (exact) mass is 277 g/mol. The molecule has 1 amide bonds. The van der Waals surface area contributed by atoms with Crippen molar-refractivity contribution in [2.24, 2.45) is 46.4 Å². The summed E-state index contributed by atoms with van der Waals surface area (Å²) in [7, 11) is 0. The summed E-state index contributed by atoms with van der Waals surface area (Å²) in [5, 5.41) is 11.9. The fourth-order valence-corrected chi connectivity index (χ4v) is 5.37. The molecule has 0 aromatic carbocycles. The van der Waals surface area contributed by atoms with Crippen molar-refractivity contribution in [1.82, 2.24) is 4.90 Å². The fourth-order valence-electron chi connectivity index (χ4n) is 5.37. The maximum atomic E-state index is 12.7. The molecule has 1 heterocycles. The lowest BCUT2D eigenvalue weighted by Gasteiger charge is -2.32. The van der Waals surface area contributed by atoms with Gasteiger partial charge in [0.2, 0.25) is 5.91 Å². The first-order valence-corrected chi connectivity index (χ1v) is 7.97. The first-order valence-electron chi connectivity index (χ1n) is 7.97. The third-order valence-electron chi connectivity index (χ3n) is 6.29. The maximum absolute atomic E-state index is 12.7. The number of carbonyl (C=O) groups is 1. The smallest absolute Gasteiger partial charge is 0.226 e. The molecule has 3 saturated carbocycles. The van der Waals surface area contributed by atoms with Gasteiger partial charge >= 0.3 is 0 Å². The molecule has 4 rings (SSSR count). The zero-order valence-electron chi connectivity index (χ0n) is 11.7. The van der Waals surface area contributed by atoms with Gasteiger partial charge in [0.25, 0.3) is 0 Å². The van der Waals surface area contributed by atoms with Crippen LogP contribution in [0.15, 0.2) is 5.16 Å². The Morgan fingerprint density at radius 3 is 2.55 bits per heavy atom. The molecule has 0 aromatic heterocycles. The van der Waals surface area contributed by atoms with Crippen LogP contribution in [0, 0.1) is 35.5 Å². The zero-order valence-corrected chi connectivity index (χ0v) is 11.7. The first kappa shape index (κ1) is 12.5. The molecule has 3 N–H and O–H groups in total. The number of piperidine rings is 1. The molecule has 0 radical (unpaired) electrons. The third kappa shape index (κ3) is 1.68.